The van der Waals surface area contributed by atoms with E-state index in [1.807, 2.05) is 11.8 Å². The Bertz CT molecular complexity index is 753. The van der Waals surface area contributed by atoms with Crippen molar-refractivity contribution in [3.63, 3.8) is 0 Å². The average molecular weight is 509 g/mol. The number of aromatic nitrogens is 1. The van der Waals surface area contributed by atoms with Crippen molar-refractivity contribution in [3.05, 3.63) is 30.1 Å². The van der Waals surface area contributed by atoms with Crippen molar-refractivity contribution in [2.24, 2.45) is 4.99 Å². The zero-order valence-electron chi connectivity index (χ0n) is 15.9. The zero-order valence-corrected chi connectivity index (χ0v) is 19.1. The number of carbonyl (C=O) groups is 1. The molecule has 2 heterocycles. The summed E-state index contributed by atoms with van der Waals surface area (Å²) in [4.78, 5) is 22.4. The summed E-state index contributed by atoms with van der Waals surface area (Å²) in [7, 11) is -3.10. The van der Waals surface area contributed by atoms with Gasteiger partial charge in [0.05, 0.1) is 22.6 Å². The summed E-state index contributed by atoms with van der Waals surface area (Å²) in [6.45, 7) is 7.73. The molecular weight excluding hydrogens is 481 g/mol. The van der Waals surface area contributed by atoms with Crippen molar-refractivity contribution < 1.29 is 13.2 Å². The molecule has 27 heavy (non-hydrogen) atoms. The fourth-order valence-electron chi connectivity index (χ4n) is 2.68. The van der Waals surface area contributed by atoms with E-state index in [0.717, 1.165) is 0 Å². The standard InChI is InChI=1S/C17H27N5O3S.HI/c1-4-19-16(22-10-11-26(24,25)17(2,3)13-22)21-9-8-20-15(23)14-6-5-7-18-12-14;/h5-7,12H,4,8-11,13H2,1-3H3,(H,19,21)(H,20,23);1H. The van der Waals surface area contributed by atoms with E-state index in [4.69, 9.17) is 0 Å². The molecule has 8 nitrogen and oxygen atoms in total. The van der Waals surface area contributed by atoms with Crippen LogP contribution in [0.15, 0.2) is 29.5 Å². The number of rotatable bonds is 5. The molecule has 152 valence electrons. The predicted octanol–water partition coefficient (Wildman–Crippen LogP) is 0.904. The number of carbonyl (C=O) groups excluding carboxylic acids is 1. The maximum absolute atomic E-state index is 12.2. The monoisotopic (exact) mass is 509 g/mol. The SMILES string of the molecule is CCNC(=NCCNC(=O)c1cccnc1)N1CCS(=O)(=O)C(C)(C)C1.I. The molecule has 0 saturated carbocycles. The van der Waals surface area contributed by atoms with Crippen LogP contribution in [0.25, 0.3) is 0 Å². The van der Waals surface area contributed by atoms with Crippen molar-refractivity contribution in [1.29, 1.82) is 0 Å². The lowest BCUT2D eigenvalue weighted by molar-refractivity contribution is 0.0954. The lowest BCUT2D eigenvalue weighted by Gasteiger charge is -2.39. The van der Waals surface area contributed by atoms with E-state index in [9.17, 15) is 13.2 Å². The highest BCUT2D eigenvalue weighted by Crippen LogP contribution is 2.23. The average Bonchev–Trinajstić information content (AvgIpc) is 2.60. The van der Waals surface area contributed by atoms with E-state index >= 15 is 0 Å². The second-order valence-corrected chi connectivity index (χ2v) is 9.48. The van der Waals surface area contributed by atoms with Crippen LogP contribution in [-0.4, -0.2) is 73.4 Å². The van der Waals surface area contributed by atoms with E-state index in [1.54, 1.807) is 32.2 Å². The number of sulfone groups is 1. The second-order valence-electron chi connectivity index (χ2n) is 6.73. The molecule has 0 aliphatic carbocycles. The smallest absolute Gasteiger partial charge is 0.252 e. The first-order valence-electron chi connectivity index (χ1n) is 8.70. The van der Waals surface area contributed by atoms with E-state index in [1.165, 1.54) is 6.20 Å². The molecule has 2 N–H and O–H groups in total. The summed E-state index contributed by atoms with van der Waals surface area (Å²) in [5.74, 6) is 0.594. The molecule has 0 atom stereocenters. The van der Waals surface area contributed by atoms with Crippen LogP contribution in [0.3, 0.4) is 0 Å². The number of nitrogens with one attached hydrogen (secondary N) is 2. The number of hydrogen-bond donors (Lipinski definition) is 2. The van der Waals surface area contributed by atoms with Gasteiger partial charge in [0.2, 0.25) is 0 Å². The van der Waals surface area contributed by atoms with Gasteiger partial charge in [0, 0.05) is 38.6 Å². The Kier molecular flexibility index (Phi) is 8.92. The topological polar surface area (TPSA) is 104 Å². The minimum absolute atomic E-state index is 0. The Hall–Kier alpha value is -1.43. The third-order valence-electron chi connectivity index (χ3n) is 4.26. The fourth-order valence-corrected chi connectivity index (χ4v) is 4.05. The highest BCUT2D eigenvalue weighted by Gasteiger charge is 2.40. The van der Waals surface area contributed by atoms with Crippen molar-refractivity contribution in [2.75, 3.05) is 38.5 Å². The molecular formula is C17H28IN5O3S. The summed E-state index contributed by atoms with van der Waals surface area (Å²) in [6, 6.07) is 3.41. The van der Waals surface area contributed by atoms with Crippen LogP contribution in [0.4, 0.5) is 0 Å². The Morgan fingerprint density at radius 2 is 2.11 bits per heavy atom. The molecule has 1 fully saturated rings. The molecule has 1 aromatic rings. The van der Waals surface area contributed by atoms with Gasteiger partial charge < -0.3 is 15.5 Å². The maximum atomic E-state index is 12.2. The second kappa shape index (κ2) is 10.2. The normalized spacial score (nSPS) is 18.3. The molecule has 1 saturated heterocycles. The molecule has 0 bridgehead atoms. The van der Waals surface area contributed by atoms with Crippen LogP contribution in [-0.2, 0) is 9.84 Å². The van der Waals surface area contributed by atoms with Gasteiger partial charge in [0.25, 0.3) is 5.91 Å². The molecule has 1 aliphatic rings. The number of halogens is 1. The van der Waals surface area contributed by atoms with Crippen LogP contribution in [0, 0.1) is 0 Å². The van der Waals surface area contributed by atoms with Crippen LogP contribution in [0.1, 0.15) is 31.1 Å². The maximum Gasteiger partial charge on any atom is 0.252 e. The highest BCUT2D eigenvalue weighted by molar-refractivity contribution is 14.0. The number of guanidine groups is 1. The third-order valence-corrected chi connectivity index (χ3v) is 6.79. The molecule has 0 unspecified atom stereocenters. The first kappa shape index (κ1) is 23.6. The molecule has 0 aromatic carbocycles. The van der Waals surface area contributed by atoms with Gasteiger partial charge in [-0.1, -0.05) is 0 Å². The van der Waals surface area contributed by atoms with E-state index in [0.29, 0.717) is 44.2 Å². The number of nitrogens with zero attached hydrogens (tertiary/aromatic N) is 3. The Morgan fingerprint density at radius 1 is 1.37 bits per heavy atom. The largest absolute Gasteiger partial charge is 0.357 e. The van der Waals surface area contributed by atoms with Crippen LogP contribution < -0.4 is 10.6 Å². The lowest BCUT2D eigenvalue weighted by Crippen LogP contribution is -2.57. The first-order valence-corrected chi connectivity index (χ1v) is 10.4. The summed E-state index contributed by atoms with van der Waals surface area (Å²) in [5, 5.41) is 6.00. The fraction of sp³-hybridized carbons (Fsp3) is 0.588. The van der Waals surface area contributed by atoms with Crippen molar-refractivity contribution in [3.8, 4) is 0 Å². The van der Waals surface area contributed by atoms with Gasteiger partial charge in [-0.05, 0) is 32.9 Å². The molecule has 1 amide bonds. The summed E-state index contributed by atoms with van der Waals surface area (Å²) < 4.78 is 23.5. The van der Waals surface area contributed by atoms with Crippen LogP contribution in [0.2, 0.25) is 0 Å². The van der Waals surface area contributed by atoms with Crippen molar-refractivity contribution in [2.45, 2.75) is 25.5 Å². The van der Waals surface area contributed by atoms with Gasteiger partial charge in [0.15, 0.2) is 15.8 Å². The highest BCUT2D eigenvalue weighted by atomic mass is 127. The lowest BCUT2D eigenvalue weighted by atomic mass is 10.2. The zero-order chi connectivity index (χ0) is 19.2. The van der Waals surface area contributed by atoms with E-state index < -0.39 is 14.6 Å². The van der Waals surface area contributed by atoms with Gasteiger partial charge in [-0.25, -0.2) is 8.42 Å². The number of aliphatic imine (C=N–C) groups is 1. The Balaban J connectivity index is 0.00000364. The molecule has 0 spiro atoms. The first-order chi connectivity index (χ1) is 12.3. The number of amides is 1. The van der Waals surface area contributed by atoms with Crippen molar-refractivity contribution >= 4 is 45.7 Å². The molecule has 1 aromatic heterocycles. The van der Waals surface area contributed by atoms with Gasteiger partial charge >= 0.3 is 0 Å². The van der Waals surface area contributed by atoms with Gasteiger partial charge in [0.1, 0.15) is 0 Å². The molecule has 0 radical (unpaired) electrons. The van der Waals surface area contributed by atoms with Gasteiger partial charge in [-0.2, -0.15) is 0 Å². The quantitative estimate of drug-likeness (QED) is 0.265. The number of hydrogen-bond acceptors (Lipinski definition) is 5. The summed E-state index contributed by atoms with van der Waals surface area (Å²) >= 11 is 0. The number of pyridine rings is 1. The summed E-state index contributed by atoms with van der Waals surface area (Å²) in [6.07, 6.45) is 3.13. The van der Waals surface area contributed by atoms with Crippen molar-refractivity contribution in [1.82, 2.24) is 20.5 Å². The minimum atomic E-state index is -3.10. The van der Waals surface area contributed by atoms with E-state index in [-0.39, 0.29) is 35.6 Å². The molecule has 1 aliphatic heterocycles. The predicted molar refractivity (Wildman–Crippen MR) is 117 cm³/mol. The summed E-state index contributed by atoms with van der Waals surface area (Å²) in [5.41, 5.74) is 0.506. The molecule has 10 heteroatoms. The Morgan fingerprint density at radius 3 is 2.70 bits per heavy atom. The minimum Gasteiger partial charge on any atom is -0.357 e. The van der Waals surface area contributed by atoms with Gasteiger partial charge in [-0.3, -0.25) is 14.8 Å². The van der Waals surface area contributed by atoms with Crippen LogP contribution in [0.5, 0.6) is 0 Å². The van der Waals surface area contributed by atoms with Crippen LogP contribution >= 0.6 is 24.0 Å². The molecule has 2 rings (SSSR count). The Labute approximate surface area is 178 Å². The third kappa shape index (κ3) is 6.30. The van der Waals surface area contributed by atoms with Gasteiger partial charge in [-0.15, -0.1) is 24.0 Å². The van der Waals surface area contributed by atoms with E-state index in [2.05, 4.69) is 20.6 Å².